The minimum absolute atomic E-state index is 0. The maximum Gasteiger partial charge on any atom is 1.00 e. The van der Waals surface area contributed by atoms with Gasteiger partial charge in [0, 0.05) is 18.4 Å². The molecule has 82 valence electrons. The number of thioether (sulfide) groups is 1. The van der Waals surface area contributed by atoms with E-state index in [0.29, 0.717) is 24.4 Å². The van der Waals surface area contributed by atoms with Crippen LogP contribution in [0.1, 0.15) is 12.8 Å². The largest absolute Gasteiger partial charge is 1.00 e. The van der Waals surface area contributed by atoms with E-state index in [9.17, 15) is 14.7 Å². The molecule has 0 saturated carbocycles. The number of carboxylic acids is 1. The average Bonchev–Trinajstić information content (AvgIpc) is 2.47. The maximum atomic E-state index is 11.2. The summed E-state index contributed by atoms with van der Waals surface area (Å²) in [6.45, 7) is 0.452. The van der Waals surface area contributed by atoms with Crippen molar-refractivity contribution in [1.29, 1.82) is 0 Å². The van der Waals surface area contributed by atoms with Crippen LogP contribution in [0.5, 0.6) is 0 Å². The number of hydrogen-bond acceptors (Lipinski definition) is 5. The first-order valence-corrected chi connectivity index (χ1v) is 5.45. The molecule has 1 fully saturated rings. The molecular formula is C9H10NNaO4S. The minimum Gasteiger partial charge on any atom is -0.543 e. The molecule has 0 aromatic carbocycles. The predicted octanol–water partition coefficient (Wildman–Crippen LogP) is -3.71. The zero-order valence-electron chi connectivity index (χ0n) is 9.19. The third-order valence-electron chi connectivity index (χ3n) is 2.42. The van der Waals surface area contributed by atoms with Gasteiger partial charge in [-0.25, -0.2) is 0 Å². The number of methoxy groups -OCH3 is 1. The molecule has 16 heavy (non-hydrogen) atoms. The molecule has 0 aromatic rings. The van der Waals surface area contributed by atoms with Gasteiger partial charge in [0.05, 0.1) is 30.1 Å². The standard InChI is InChI=1S/C9H11NO4S.Na/c1-14-3-2-5-8(9(12)13)10-6(11)4-7(10)15-5;/h7H,2-4H2,1H3,(H,12,13);/q;+1/p-1. The zero-order chi connectivity index (χ0) is 11.0. The van der Waals surface area contributed by atoms with Crippen molar-refractivity contribution < 1.29 is 49.0 Å². The van der Waals surface area contributed by atoms with Crippen LogP contribution < -0.4 is 34.7 Å². The number of carbonyl (C=O) groups excluding carboxylic acids is 2. The van der Waals surface area contributed by atoms with Gasteiger partial charge in [0.15, 0.2) is 0 Å². The van der Waals surface area contributed by atoms with Gasteiger partial charge < -0.3 is 14.6 Å². The van der Waals surface area contributed by atoms with Crippen LogP contribution in [0.25, 0.3) is 0 Å². The number of ether oxygens (including phenoxy) is 1. The van der Waals surface area contributed by atoms with E-state index in [0.717, 1.165) is 0 Å². The van der Waals surface area contributed by atoms with Crippen LogP contribution in [-0.4, -0.2) is 35.9 Å². The van der Waals surface area contributed by atoms with Gasteiger partial charge in [-0.05, 0) is 0 Å². The molecule has 0 aliphatic carbocycles. The molecule has 0 aromatic heterocycles. The number of hydrogen-bond donors (Lipinski definition) is 0. The Morgan fingerprint density at radius 1 is 1.69 bits per heavy atom. The third kappa shape index (κ3) is 2.31. The number of nitrogens with zero attached hydrogens (tertiary/aromatic N) is 1. The van der Waals surface area contributed by atoms with E-state index in [1.807, 2.05) is 0 Å². The number of amides is 1. The van der Waals surface area contributed by atoms with Crippen LogP contribution >= 0.6 is 11.8 Å². The third-order valence-corrected chi connectivity index (χ3v) is 3.75. The van der Waals surface area contributed by atoms with Crippen LogP contribution in [0.2, 0.25) is 0 Å². The van der Waals surface area contributed by atoms with Crippen LogP contribution in [-0.2, 0) is 14.3 Å². The molecule has 2 aliphatic heterocycles. The van der Waals surface area contributed by atoms with Crippen LogP contribution in [0.15, 0.2) is 10.6 Å². The van der Waals surface area contributed by atoms with Crippen molar-refractivity contribution in [2.45, 2.75) is 18.2 Å². The molecule has 5 nitrogen and oxygen atoms in total. The molecule has 1 unspecified atom stereocenters. The fraction of sp³-hybridized carbons (Fsp3) is 0.556. The zero-order valence-corrected chi connectivity index (χ0v) is 12.0. The van der Waals surface area contributed by atoms with Crippen LogP contribution in [0, 0.1) is 0 Å². The second kappa shape index (κ2) is 5.55. The Kier molecular flexibility index (Phi) is 4.88. The van der Waals surface area contributed by atoms with E-state index in [-0.39, 0.29) is 46.5 Å². The molecule has 2 aliphatic rings. The molecule has 7 heteroatoms. The fourth-order valence-corrected chi connectivity index (χ4v) is 3.07. The molecule has 1 atom stereocenters. The molecule has 1 amide bonds. The first kappa shape index (κ1) is 14.1. The van der Waals surface area contributed by atoms with Crippen molar-refractivity contribution >= 4 is 23.6 Å². The Balaban J connectivity index is 0.00000128. The Hall–Kier alpha value is -0.0100. The molecular weight excluding hydrogens is 241 g/mol. The van der Waals surface area contributed by atoms with Gasteiger partial charge in [-0.15, -0.1) is 11.8 Å². The van der Waals surface area contributed by atoms with Gasteiger partial charge in [0.2, 0.25) is 5.91 Å². The summed E-state index contributed by atoms with van der Waals surface area (Å²) in [7, 11) is 1.55. The number of rotatable bonds is 4. The summed E-state index contributed by atoms with van der Waals surface area (Å²) in [5.41, 5.74) is 0.0401. The second-order valence-electron chi connectivity index (χ2n) is 3.34. The van der Waals surface area contributed by atoms with Gasteiger partial charge in [0.25, 0.3) is 0 Å². The number of aliphatic carboxylic acids is 1. The van der Waals surface area contributed by atoms with Gasteiger partial charge >= 0.3 is 29.6 Å². The van der Waals surface area contributed by atoms with Crippen molar-refractivity contribution in [2.75, 3.05) is 13.7 Å². The van der Waals surface area contributed by atoms with Crippen molar-refractivity contribution in [2.24, 2.45) is 0 Å². The van der Waals surface area contributed by atoms with Gasteiger partial charge in [-0.2, -0.15) is 0 Å². The number of β-lactam (4-membered cyclic amide) rings is 1. The summed E-state index contributed by atoms with van der Waals surface area (Å²) in [5, 5.41) is 10.9. The Morgan fingerprint density at radius 3 is 2.88 bits per heavy atom. The summed E-state index contributed by atoms with van der Waals surface area (Å²) in [4.78, 5) is 24.1. The van der Waals surface area contributed by atoms with E-state index in [1.165, 1.54) is 16.7 Å². The number of carboxylic acid groups (broad SMARTS) is 1. The average molecular weight is 251 g/mol. The Morgan fingerprint density at radius 2 is 2.38 bits per heavy atom. The fourth-order valence-electron chi connectivity index (χ4n) is 1.69. The normalized spacial score (nSPS) is 22.7. The van der Waals surface area contributed by atoms with Crippen LogP contribution in [0.4, 0.5) is 0 Å². The van der Waals surface area contributed by atoms with E-state index in [1.54, 1.807) is 7.11 Å². The summed E-state index contributed by atoms with van der Waals surface area (Å²) in [5.74, 6) is -1.41. The van der Waals surface area contributed by atoms with E-state index in [4.69, 9.17) is 4.74 Å². The quantitative estimate of drug-likeness (QED) is 0.380. The van der Waals surface area contributed by atoms with Crippen molar-refractivity contribution in [3.8, 4) is 0 Å². The predicted molar refractivity (Wildman–Crippen MR) is 51.4 cm³/mol. The number of carbonyl (C=O) groups is 2. The Labute approximate surface area is 119 Å². The SMILES string of the molecule is COCCC1=C(C(=O)[O-])N2C(=O)CC2S1.[Na+]. The maximum absolute atomic E-state index is 11.2. The van der Waals surface area contributed by atoms with Crippen molar-refractivity contribution in [3.63, 3.8) is 0 Å². The molecule has 2 rings (SSSR count). The molecule has 0 bridgehead atoms. The van der Waals surface area contributed by atoms with E-state index >= 15 is 0 Å². The van der Waals surface area contributed by atoms with Crippen molar-refractivity contribution in [3.05, 3.63) is 10.6 Å². The van der Waals surface area contributed by atoms with Crippen molar-refractivity contribution in [1.82, 2.24) is 4.90 Å². The first-order chi connectivity index (χ1) is 7.15. The molecule has 0 N–H and O–H groups in total. The van der Waals surface area contributed by atoms with Gasteiger partial charge in [-0.3, -0.25) is 9.69 Å². The summed E-state index contributed by atoms with van der Waals surface area (Å²) >= 11 is 1.42. The van der Waals surface area contributed by atoms with Gasteiger partial charge in [0.1, 0.15) is 0 Å². The minimum atomic E-state index is -1.27. The van der Waals surface area contributed by atoms with E-state index < -0.39 is 5.97 Å². The smallest absolute Gasteiger partial charge is 0.543 e. The summed E-state index contributed by atoms with van der Waals surface area (Å²) in [6.07, 6.45) is 0.933. The number of fused-ring (bicyclic) bond motifs is 1. The first-order valence-electron chi connectivity index (χ1n) is 4.57. The van der Waals surface area contributed by atoms with Gasteiger partial charge in [-0.1, -0.05) is 0 Å². The monoisotopic (exact) mass is 251 g/mol. The molecule has 0 spiro atoms. The molecule has 1 saturated heterocycles. The summed E-state index contributed by atoms with van der Waals surface area (Å²) < 4.78 is 4.89. The topological polar surface area (TPSA) is 69.7 Å². The molecule has 0 radical (unpaired) electrons. The molecule has 2 heterocycles. The van der Waals surface area contributed by atoms with E-state index in [2.05, 4.69) is 0 Å². The van der Waals surface area contributed by atoms with Crippen LogP contribution in [0.3, 0.4) is 0 Å². The second-order valence-corrected chi connectivity index (χ2v) is 4.62. The Bertz CT molecular complexity index is 357. The summed E-state index contributed by atoms with van der Waals surface area (Å²) in [6, 6.07) is 0.